The standard InChI is InChI=1S/C17H25F3N4/c1-3-21-16(22-13(2)14-7-5-4-6-8-14)23-15-9-10-24(11-15)12-17(18,19)20/h4-8,13,15H,3,9-12H2,1-2H3,(H2,21,22,23). The summed E-state index contributed by atoms with van der Waals surface area (Å²) in [6, 6.07) is 10.0. The van der Waals surface area contributed by atoms with Crippen LogP contribution >= 0.6 is 0 Å². The van der Waals surface area contributed by atoms with E-state index in [9.17, 15) is 13.2 Å². The molecule has 1 saturated heterocycles. The zero-order chi connectivity index (χ0) is 17.6. The van der Waals surface area contributed by atoms with Crippen molar-refractivity contribution in [3.8, 4) is 0 Å². The minimum atomic E-state index is -4.14. The molecule has 1 fully saturated rings. The van der Waals surface area contributed by atoms with E-state index in [1.165, 1.54) is 4.90 Å². The van der Waals surface area contributed by atoms with Crippen LogP contribution in [-0.4, -0.2) is 49.3 Å². The van der Waals surface area contributed by atoms with Gasteiger partial charge in [-0.25, -0.2) is 0 Å². The molecule has 2 rings (SSSR count). The summed E-state index contributed by atoms with van der Waals surface area (Å²) in [5.74, 6) is 0.646. The molecule has 0 spiro atoms. The van der Waals surface area contributed by atoms with Crippen molar-refractivity contribution in [2.24, 2.45) is 4.99 Å². The van der Waals surface area contributed by atoms with E-state index in [-0.39, 0.29) is 12.1 Å². The van der Waals surface area contributed by atoms with Crippen LogP contribution < -0.4 is 10.6 Å². The van der Waals surface area contributed by atoms with Gasteiger partial charge in [0.2, 0.25) is 0 Å². The molecule has 0 aliphatic carbocycles. The minimum Gasteiger partial charge on any atom is -0.352 e. The average molecular weight is 342 g/mol. The van der Waals surface area contributed by atoms with Crippen LogP contribution in [0.15, 0.2) is 35.3 Å². The van der Waals surface area contributed by atoms with Gasteiger partial charge in [-0.2, -0.15) is 13.2 Å². The van der Waals surface area contributed by atoms with E-state index in [4.69, 9.17) is 0 Å². The Morgan fingerprint density at radius 1 is 1.33 bits per heavy atom. The number of hydrogen-bond acceptors (Lipinski definition) is 2. The largest absolute Gasteiger partial charge is 0.401 e. The maximum absolute atomic E-state index is 12.5. The van der Waals surface area contributed by atoms with E-state index < -0.39 is 12.7 Å². The van der Waals surface area contributed by atoms with Crippen LogP contribution in [0.25, 0.3) is 0 Å². The number of alkyl halides is 3. The maximum atomic E-state index is 12.5. The van der Waals surface area contributed by atoms with Gasteiger partial charge < -0.3 is 10.6 Å². The number of aliphatic imine (C=N–C) groups is 1. The van der Waals surface area contributed by atoms with Gasteiger partial charge in [-0.15, -0.1) is 0 Å². The first-order valence-corrected chi connectivity index (χ1v) is 8.29. The average Bonchev–Trinajstić information content (AvgIpc) is 2.93. The Kier molecular flexibility index (Phi) is 6.48. The van der Waals surface area contributed by atoms with E-state index >= 15 is 0 Å². The van der Waals surface area contributed by atoms with Gasteiger partial charge in [0, 0.05) is 25.7 Å². The monoisotopic (exact) mass is 342 g/mol. The van der Waals surface area contributed by atoms with Gasteiger partial charge in [0.15, 0.2) is 5.96 Å². The quantitative estimate of drug-likeness (QED) is 0.638. The molecule has 1 aliphatic rings. The molecule has 4 nitrogen and oxygen atoms in total. The molecule has 2 unspecified atom stereocenters. The highest BCUT2D eigenvalue weighted by Crippen LogP contribution is 2.20. The van der Waals surface area contributed by atoms with Crippen LogP contribution in [0.5, 0.6) is 0 Å². The zero-order valence-corrected chi connectivity index (χ0v) is 14.1. The first kappa shape index (κ1) is 18.6. The third-order valence-electron chi connectivity index (χ3n) is 3.99. The van der Waals surface area contributed by atoms with Gasteiger partial charge in [-0.05, 0) is 25.8 Å². The molecule has 24 heavy (non-hydrogen) atoms. The number of nitrogens with zero attached hydrogens (tertiary/aromatic N) is 2. The lowest BCUT2D eigenvalue weighted by Crippen LogP contribution is -2.46. The summed E-state index contributed by atoms with van der Waals surface area (Å²) in [5.41, 5.74) is 1.13. The lowest BCUT2D eigenvalue weighted by Gasteiger charge is -2.22. The molecule has 2 atom stereocenters. The molecule has 134 valence electrons. The number of benzene rings is 1. The lowest BCUT2D eigenvalue weighted by atomic mass is 10.1. The summed E-state index contributed by atoms with van der Waals surface area (Å²) >= 11 is 0. The fourth-order valence-corrected chi connectivity index (χ4v) is 2.86. The van der Waals surface area contributed by atoms with Crippen LogP contribution in [0, 0.1) is 0 Å². The molecular weight excluding hydrogens is 317 g/mol. The number of nitrogens with one attached hydrogen (secondary N) is 2. The lowest BCUT2D eigenvalue weighted by molar-refractivity contribution is -0.143. The molecule has 0 bridgehead atoms. The number of guanidine groups is 1. The Hall–Kier alpha value is -1.76. The topological polar surface area (TPSA) is 39.7 Å². The van der Waals surface area contributed by atoms with Crippen molar-refractivity contribution in [3.05, 3.63) is 35.9 Å². The maximum Gasteiger partial charge on any atom is 0.401 e. The van der Waals surface area contributed by atoms with Gasteiger partial charge >= 0.3 is 6.18 Å². The smallest absolute Gasteiger partial charge is 0.352 e. The summed E-state index contributed by atoms with van der Waals surface area (Å²) in [7, 11) is 0. The van der Waals surface area contributed by atoms with E-state index in [0.717, 1.165) is 5.56 Å². The fourth-order valence-electron chi connectivity index (χ4n) is 2.86. The van der Waals surface area contributed by atoms with Crippen LogP contribution in [-0.2, 0) is 0 Å². The Labute approximate surface area is 141 Å². The molecule has 2 N–H and O–H groups in total. The van der Waals surface area contributed by atoms with Gasteiger partial charge in [-0.1, -0.05) is 30.3 Å². The second kappa shape index (κ2) is 8.37. The number of rotatable bonds is 5. The Bertz CT molecular complexity index is 530. The molecule has 1 heterocycles. The predicted octanol–water partition coefficient (Wildman–Crippen LogP) is 2.94. The van der Waals surface area contributed by atoms with Crippen LogP contribution in [0.4, 0.5) is 13.2 Å². The molecule has 0 amide bonds. The first-order valence-electron chi connectivity index (χ1n) is 8.29. The van der Waals surface area contributed by atoms with Gasteiger partial charge in [0.1, 0.15) is 0 Å². The number of halogens is 3. The summed E-state index contributed by atoms with van der Waals surface area (Å²) in [6.07, 6.45) is -3.46. The molecule has 0 saturated carbocycles. The van der Waals surface area contributed by atoms with Crippen molar-refractivity contribution in [3.63, 3.8) is 0 Å². The molecule has 1 aliphatic heterocycles. The molecule has 0 aromatic heterocycles. The third-order valence-corrected chi connectivity index (χ3v) is 3.99. The summed E-state index contributed by atoms with van der Waals surface area (Å²) in [4.78, 5) is 5.84. The molecular formula is C17H25F3N4. The van der Waals surface area contributed by atoms with E-state index in [1.807, 2.05) is 44.2 Å². The van der Waals surface area contributed by atoms with Crippen molar-refractivity contribution in [2.45, 2.75) is 38.5 Å². The minimum absolute atomic E-state index is 0.0203. The molecule has 1 aromatic carbocycles. The molecule has 0 radical (unpaired) electrons. The highest BCUT2D eigenvalue weighted by Gasteiger charge is 2.34. The SMILES string of the molecule is CCN=C(NC1CCN(CC(F)(F)F)C1)NC(C)c1ccccc1. The Balaban J connectivity index is 1.89. The van der Waals surface area contributed by atoms with E-state index in [1.54, 1.807) is 0 Å². The Morgan fingerprint density at radius 2 is 2.04 bits per heavy atom. The molecule has 7 heteroatoms. The van der Waals surface area contributed by atoms with Crippen LogP contribution in [0.3, 0.4) is 0 Å². The third kappa shape index (κ3) is 6.03. The highest BCUT2D eigenvalue weighted by molar-refractivity contribution is 5.80. The Morgan fingerprint density at radius 3 is 2.67 bits per heavy atom. The zero-order valence-electron chi connectivity index (χ0n) is 14.1. The van der Waals surface area contributed by atoms with Gasteiger partial charge in [-0.3, -0.25) is 9.89 Å². The highest BCUT2D eigenvalue weighted by atomic mass is 19.4. The number of likely N-dealkylation sites (tertiary alicyclic amines) is 1. The van der Waals surface area contributed by atoms with Crippen molar-refractivity contribution >= 4 is 5.96 Å². The van der Waals surface area contributed by atoms with Gasteiger partial charge in [0.05, 0.1) is 12.6 Å². The van der Waals surface area contributed by atoms with Crippen molar-refractivity contribution in [2.75, 3.05) is 26.2 Å². The fraction of sp³-hybridized carbons (Fsp3) is 0.588. The van der Waals surface area contributed by atoms with E-state index in [2.05, 4.69) is 15.6 Å². The number of hydrogen-bond donors (Lipinski definition) is 2. The summed E-state index contributed by atoms with van der Waals surface area (Å²) in [6.45, 7) is 4.55. The summed E-state index contributed by atoms with van der Waals surface area (Å²) in [5, 5.41) is 6.59. The van der Waals surface area contributed by atoms with Crippen LogP contribution in [0.1, 0.15) is 31.9 Å². The van der Waals surface area contributed by atoms with Gasteiger partial charge in [0.25, 0.3) is 0 Å². The van der Waals surface area contributed by atoms with Crippen molar-refractivity contribution in [1.29, 1.82) is 0 Å². The van der Waals surface area contributed by atoms with Crippen molar-refractivity contribution in [1.82, 2.24) is 15.5 Å². The second-order valence-corrected chi connectivity index (χ2v) is 6.08. The molecule has 1 aromatic rings. The normalized spacial score (nSPS) is 20.9. The predicted molar refractivity (Wildman–Crippen MR) is 90.0 cm³/mol. The first-order chi connectivity index (χ1) is 11.4. The van der Waals surface area contributed by atoms with Crippen molar-refractivity contribution < 1.29 is 13.2 Å². The second-order valence-electron chi connectivity index (χ2n) is 6.08. The van der Waals surface area contributed by atoms with Crippen LogP contribution in [0.2, 0.25) is 0 Å². The van der Waals surface area contributed by atoms with E-state index in [0.29, 0.717) is 32.0 Å². The summed E-state index contributed by atoms with van der Waals surface area (Å²) < 4.78 is 37.4.